The molecular formula is C18H24N2. The Balaban J connectivity index is 2.14. The van der Waals surface area contributed by atoms with Crippen molar-refractivity contribution in [2.75, 3.05) is 5.43 Å². The molecule has 0 heterocycles. The molecule has 0 saturated heterocycles. The minimum Gasteiger partial charge on any atom is -0.321 e. The standard InChI is InChI=1S/C18H24N2/c1-12-13(2)15(4)18(16(5)14(12)3)11-19-20-17-9-7-6-8-10-17/h6-10,19-20H,11H2,1-5H3. The van der Waals surface area contributed by atoms with Gasteiger partial charge < -0.3 is 5.43 Å². The fourth-order valence-electron chi connectivity index (χ4n) is 2.60. The van der Waals surface area contributed by atoms with Gasteiger partial charge in [-0.3, -0.25) is 0 Å². The molecule has 0 radical (unpaired) electrons. The first-order chi connectivity index (χ1) is 9.52. The van der Waals surface area contributed by atoms with Crippen molar-refractivity contribution in [3.05, 3.63) is 63.7 Å². The number of para-hydroxylation sites is 1. The summed E-state index contributed by atoms with van der Waals surface area (Å²) in [6.07, 6.45) is 0. The summed E-state index contributed by atoms with van der Waals surface area (Å²) in [5.74, 6) is 0. The lowest BCUT2D eigenvalue weighted by atomic mass is 9.90. The second-order valence-corrected chi connectivity index (χ2v) is 5.45. The molecule has 2 nitrogen and oxygen atoms in total. The molecule has 0 aliphatic heterocycles. The van der Waals surface area contributed by atoms with Crippen LogP contribution in [0.2, 0.25) is 0 Å². The van der Waals surface area contributed by atoms with Gasteiger partial charge in [0.15, 0.2) is 0 Å². The van der Waals surface area contributed by atoms with Crippen LogP contribution in [0.4, 0.5) is 5.69 Å². The number of hydrazine groups is 1. The zero-order valence-corrected chi connectivity index (χ0v) is 13.1. The molecule has 0 spiro atoms. The lowest BCUT2D eigenvalue weighted by Gasteiger charge is -2.19. The lowest BCUT2D eigenvalue weighted by molar-refractivity contribution is 0.787. The minimum absolute atomic E-state index is 0.828. The van der Waals surface area contributed by atoms with E-state index in [4.69, 9.17) is 0 Å². The van der Waals surface area contributed by atoms with Gasteiger partial charge in [0.1, 0.15) is 0 Å². The highest BCUT2D eigenvalue weighted by atomic mass is 15.3. The van der Waals surface area contributed by atoms with Crippen LogP contribution in [-0.4, -0.2) is 0 Å². The second-order valence-electron chi connectivity index (χ2n) is 5.45. The molecule has 0 bridgehead atoms. The van der Waals surface area contributed by atoms with Crippen LogP contribution in [0.3, 0.4) is 0 Å². The van der Waals surface area contributed by atoms with Crippen LogP contribution in [0.15, 0.2) is 30.3 Å². The Hall–Kier alpha value is -1.80. The van der Waals surface area contributed by atoms with E-state index in [1.165, 1.54) is 33.4 Å². The van der Waals surface area contributed by atoms with Crippen LogP contribution < -0.4 is 10.9 Å². The molecule has 0 saturated carbocycles. The Bertz CT molecular complexity index is 572. The van der Waals surface area contributed by atoms with Crippen molar-refractivity contribution in [2.24, 2.45) is 0 Å². The average molecular weight is 268 g/mol. The second kappa shape index (κ2) is 6.10. The summed E-state index contributed by atoms with van der Waals surface area (Å²) >= 11 is 0. The van der Waals surface area contributed by atoms with Crippen molar-refractivity contribution >= 4 is 5.69 Å². The predicted octanol–water partition coefficient (Wildman–Crippen LogP) is 4.35. The van der Waals surface area contributed by atoms with Crippen molar-refractivity contribution in [3.63, 3.8) is 0 Å². The molecule has 0 aliphatic rings. The molecule has 0 aliphatic carbocycles. The van der Waals surface area contributed by atoms with Crippen LogP contribution in [0.25, 0.3) is 0 Å². The van der Waals surface area contributed by atoms with E-state index in [1.54, 1.807) is 0 Å². The van der Waals surface area contributed by atoms with Crippen LogP contribution in [0.5, 0.6) is 0 Å². The SMILES string of the molecule is Cc1c(C)c(C)c(CNNc2ccccc2)c(C)c1C. The monoisotopic (exact) mass is 268 g/mol. The third-order valence-electron chi connectivity index (χ3n) is 4.43. The van der Waals surface area contributed by atoms with E-state index in [2.05, 4.69) is 57.6 Å². The van der Waals surface area contributed by atoms with E-state index >= 15 is 0 Å². The number of hydrogen-bond acceptors (Lipinski definition) is 2. The quantitative estimate of drug-likeness (QED) is 0.806. The van der Waals surface area contributed by atoms with Gasteiger partial charge in [-0.05, 0) is 80.1 Å². The van der Waals surface area contributed by atoms with Gasteiger partial charge in [-0.25, -0.2) is 5.43 Å². The minimum atomic E-state index is 0.828. The molecule has 2 heteroatoms. The molecule has 0 aromatic heterocycles. The smallest absolute Gasteiger partial charge is 0.0487 e. The van der Waals surface area contributed by atoms with Gasteiger partial charge in [0.25, 0.3) is 0 Å². The van der Waals surface area contributed by atoms with E-state index in [0.29, 0.717) is 0 Å². The van der Waals surface area contributed by atoms with Crippen molar-refractivity contribution in [1.29, 1.82) is 0 Å². The molecular weight excluding hydrogens is 244 g/mol. The summed E-state index contributed by atoms with van der Waals surface area (Å²) in [5.41, 5.74) is 16.1. The third kappa shape index (κ3) is 2.86. The molecule has 2 aromatic rings. The van der Waals surface area contributed by atoms with Gasteiger partial charge in [-0.1, -0.05) is 18.2 Å². The van der Waals surface area contributed by atoms with Crippen molar-refractivity contribution in [1.82, 2.24) is 5.43 Å². The van der Waals surface area contributed by atoms with Crippen LogP contribution in [0.1, 0.15) is 33.4 Å². The molecule has 0 atom stereocenters. The van der Waals surface area contributed by atoms with E-state index < -0.39 is 0 Å². The van der Waals surface area contributed by atoms with Crippen molar-refractivity contribution in [3.8, 4) is 0 Å². The number of nitrogens with one attached hydrogen (secondary N) is 2. The largest absolute Gasteiger partial charge is 0.321 e. The molecule has 2 rings (SSSR count). The van der Waals surface area contributed by atoms with Crippen molar-refractivity contribution < 1.29 is 0 Å². The molecule has 2 N–H and O–H groups in total. The first-order valence-electron chi connectivity index (χ1n) is 7.12. The first-order valence-corrected chi connectivity index (χ1v) is 7.12. The Morgan fingerprint density at radius 2 is 1.20 bits per heavy atom. The van der Waals surface area contributed by atoms with E-state index in [-0.39, 0.29) is 0 Å². The van der Waals surface area contributed by atoms with E-state index in [1.807, 2.05) is 18.2 Å². The topological polar surface area (TPSA) is 24.1 Å². The summed E-state index contributed by atoms with van der Waals surface area (Å²) in [5, 5.41) is 0. The molecule has 0 unspecified atom stereocenters. The summed E-state index contributed by atoms with van der Waals surface area (Å²) in [4.78, 5) is 0. The number of anilines is 1. The molecule has 2 aromatic carbocycles. The summed E-state index contributed by atoms with van der Waals surface area (Å²) < 4.78 is 0. The van der Waals surface area contributed by atoms with Crippen LogP contribution in [-0.2, 0) is 6.54 Å². The highest BCUT2D eigenvalue weighted by Gasteiger charge is 2.11. The number of rotatable bonds is 4. The van der Waals surface area contributed by atoms with Crippen LogP contribution in [0, 0.1) is 34.6 Å². The third-order valence-corrected chi connectivity index (χ3v) is 4.43. The van der Waals surface area contributed by atoms with Gasteiger partial charge >= 0.3 is 0 Å². The number of benzene rings is 2. The van der Waals surface area contributed by atoms with Crippen LogP contribution >= 0.6 is 0 Å². The molecule has 106 valence electrons. The maximum absolute atomic E-state index is 3.32. The highest BCUT2D eigenvalue weighted by Crippen LogP contribution is 2.25. The van der Waals surface area contributed by atoms with E-state index in [9.17, 15) is 0 Å². The number of hydrogen-bond donors (Lipinski definition) is 2. The Morgan fingerprint density at radius 3 is 1.75 bits per heavy atom. The van der Waals surface area contributed by atoms with E-state index in [0.717, 1.165) is 12.2 Å². The lowest BCUT2D eigenvalue weighted by Crippen LogP contribution is -2.22. The molecule has 0 amide bonds. The van der Waals surface area contributed by atoms with Gasteiger partial charge in [0, 0.05) is 12.2 Å². The van der Waals surface area contributed by atoms with Crippen molar-refractivity contribution in [2.45, 2.75) is 41.2 Å². The molecule has 0 fully saturated rings. The zero-order chi connectivity index (χ0) is 14.7. The first kappa shape index (κ1) is 14.6. The summed E-state index contributed by atoms with van der Waals surface area (Å²) in [7, 11) is 0. The summed E-state index contributed by atoms with van der Waals surface area (Å²) in [6.45, 7) is 11.9. The molecule has 20 heavy (non-hydrogen) atoms. The fourth-order valence-corrected chi connectivity index (χ4v) is 2.60. The fraction of sp³-hybridized carbons (Fsp3) is 0.333. The van der Waals surface area contributed by atoms with Gasteiger partial charge in [-0.15, -0.1) is 0 Å². The van der Waals surface area contributed by atoms with Gasteiger partial charge in [0.05, 0.1) is 0 Å². The Morgan fingerprint density at radius 1 is 0.700 bits per heavy atom. The Labute approximate surface area is 122 Å². The zero-order valence-electron chi connectivity index (χ0n) is 13.1. The average Bonchev–Trinajstić information content (AvgIpc) is 2.48. The Kier molecular flexibility index (Phi) is 4.46. The summed E-state index contributed by atoms with van der Waals surface area (Å²) in [6, 6.07) is 10.2. The highest BCUT2D eigenvalue weighted by molar-refractivity contribution is 5.49. The normalized spacial score (nSPS) is 10.7. The maximum atomic E-state index is 3.32. The van der Waals surface area contributed by atoms with Gasteiger partial charge in [-0.2, -0.15) is 0 Å². The predicted molar refractivity (Wildman–Crippen MR) is 87.0 cm³/mol. The maximum Gasteiger partial charge on any atom is 0.0487 e. The van der Waals surface area contributed by atoms with Gasteiger partial charge in [0.2, 0.25) is 0 Å².